The van der Waals surface area contributed by atoms with Gasteiger partial charge in [-0.2, -0.15) is 0 Å². The zero-order chi connectivity index (χ0) is 18.8. The van der Waals surface area contributed by atoms with Crippen LogP contribution in [0, 0.1) is 5.82 Å². The molecule has 3 aromatic rings. The van der Waals surface area contributed by atoms with Gasteiger partial charge in [0.1, 0.15) is 23.1 Å². The molecular formula is C20H19FO5. The van der Waals surface area contributed by atoms with Crippen molar-refractivity contribution in [3.05, 3.63) is 41.7 Å². The molecule has 0 unspecified atom stereocenters. The molecule has 0 aromatic heterocycles. The van der Waals surface area contributed by atoms with Crippen molar-refractivity contribution in [2.24, 2.45) is 0 Å². The van der Waals surface area contributed by atoms with Crippen molar-refractivity contribution in [3.63, 3.8) is 0 Å². The Bertz CT molecular complexity index is 997. The van der Waals surface area contributed by atoms with Crippen LogP contribution in [0.15, 0.2) is 30.3 Å². The third kappa shape index (κ3) is 2.87. The van der Waals surface area contributed by atoms with Crippen LogP contribution in [0.1, 0.15) is 12.0 Å². The van der Waals surface area contributed by atoms with Gasteiger partial charge in [0.25, 0.3) is 0 Å². The number of ether oxygens (including phenoxy) is 3. The van der Waals surface area contributed by atoms with Crippen LogP contribution < -0.4 is 14.2 Å². The monoisotopic (exact) mass is 358 g/mol. The number of carbonyl (C=O) groups is 1. The summed E-state index contributed by atoms with van der Waals surface area (Å²) in [5, 5.41) is 10.7. The molecule has 0 saturated carbocycles. The van der Waals surface area contributed by atoms with Gasteiger partial charge in [-0.15, -0.1) is 0 Å². The molecule has 0 radical (unpaired) electrons. The number of rotatable bonds is 6. The molecule has 0 fully saturated rings. The Morgan fingerprint density at radius 3 is 2.38 bits per heavy atom. The fraction of sp³-hybridized carbons (Fsp3) is 0.250. The smallest absolute Gasteiger partial charge is 0.303 e. The fourth-order valence-corrected chi connectivity index (χ4v) is 3.23. The topological polar surface area (TPSA) is 65.0 Å². The van der Waals surface area contributed by atoms with Crippen LogP contribution in [0.25, 0.3) is 21.5 Å². The maximum absolute atomic E-state index is 15.4. The predicted molar refractivity (Wildman–Crippen MR) is 97.0 cm³/mol. The van der Waals surface area contributed by atoms with E-state index in [9.17, 15) is 4.79 Å². The Morgan fingerprint density at radius 2 is 1.77 bits per heavy atom. The van der Waals surface area contributed by atoms with Gasteiger partial charge < -0.3 is 19.3 Å². The quantitative estimate of drug-likeness (QED) is 0.670. The molecule has 6 heteroatoms. The summed E-state index contributed by atoms with van der Waals surface area (Å²) in [4.78, 5) is 11.0. The molecule has 5 nitrogen and oxygen atoms in total. The summed E-state index contributed by atoms with van der Waals surface area (Å²) in [6.07, 6.45) is 0.112. The average Bonchev–Trinajstić information content (AvgIpc) is 2.65. The van der Waals surface area contributed by atoms with Crippen molar-refractivity contribution < 1.29 is 28.5 Å². The minimum Gasteiger partial charge on any atom is -0.497 e. The summed E-state index contributed by atoms with van der Waals surface area (Å²) in [5.74, 6) is 0.129. The van der Waals surface area contributed by atoms with Crippen LogP contribution in [0.4, 0.5) is 4.39 Å². The first kappa shape index (κ1) is 17.8. The Kier molecular flexibility index (Phi) is 4.84. The van der Waals surface area contributed by atoms with Gasteiger partial charge in [-0.05, 0) is 36.2 Å². The molecule has 3 aromatic carbocycles. The Morgan fingerprint density at radius 1 is 1.00 bits per heavy atom. The first-order valence-corrected chi connectivity index (χ1v) is 8.06. The Hall–Kier alpha value is -3.02. The molecular weight excluding hydrogens is 339 g/mol. The van der Waals surface area contributed by atoms with Gasteiger partial charge in [-0.25, -0.2) is 4.39 Å². The molecule has 0 amide bonds. The number of fused-ring (bicyclic) bond motifs is 2. The van der Waals surface area contributed by atoms with Crippen LogP contribution >= 0.6 is 0 Å². The lowest BCUT2D eigenvalue weighted by atomic mass is 9.94. The zero-order valence-electron chi connectivity index (χ0n) is 14.8. The molecule has 0 aliphatic carbocycles. The van der Waals surface area contributed by atoms with Gasteiger partial charge in [0.15, 0.2) is 0 Å². The van der Waals surface area contributed by atoms with Crippen molar-refractivity contribution in [2.45, 2.75) is 12.8 Å². The summed E-state index contributed by atoms with van der Waals surface area (Å²) >= 11 is 0. The lowest BCUT2D eigenvalue weighted by molar-refractivity contribution is -0.136. The number of carboxylic acid groups (broad SMARTS) is 1. The van der Waals surface area contributed by atoms with Crippen LogP contribution in [0.5, 0.6) is 17.2 Å². The van der Waals surface area contributed by atoms with Gasteiger partial charge in [-0.1, -0.05) is 6.07 Å². The van der Waals surface area contributed by atoms with E-state index in [-0.39, 0.29) is 12.8 Å². The van der Waals surface area contributed by atoms with Gasteiger partial charge >= 0.3 is 5.97 Å². The number of hydrogen-bond acceptors (Lipinski definition) is 4. The highest BCUT2D eigenvalue weighted by atomic mass is 19.1. The molecule has 26 heavy (non-hydrogen) atoms. The largest absolute Gasteiger partial charge is 0.497 e. The minimum atomic E-state index is -0.938. The van der Waals surface area contributed by atoms with E-state index in [0.717, 1.165) is 0 Å². The number of aliphatic carboxylic acids is 1. The second-order valence-corrected chi connectivity index (χ2v) is 5.83. The molecule has 0 aliphatic rings. The van der Waals surface area contributed by atoms with E-state index in [1.807, 2.05) is 0 Å². The maximum Gasteiger partial charge on any atom is 0.303 e. The molecule has 0 atom stereocenters. The van der Waals surface area contributed by atoms with Crippen molar-refractivity contribution in [2.75, 3.05) is 21.3 Å². The number of carboxylic acids is 1. The highest BCUT2D eigenvalue weighted by molar-refractivity contribution is 6.10. The second kappa shape index (κ2) is 7.07. The third-order valence-corrected chi connectivity index (χ3v) is 4.44. The highest BCUT2D eigenvalue weighted by Crippen LogP contribution is 2.44. The van der Waals surface area contributed by atoms with Crippen molar-refractivity contribution in [3.8, 4) is 17.2 Å². The molecule has 0 aliphatic heterocycles. The van der Waals surface area contributed by atoms with Gasteiger partial charge in [-0.3, -0.25) is 4.79 Å². The third-order valence-electron chi connectivity index (χ3n) is 4.44. The van der Waals surface area contributed by atoms with Gasteiger partial charge in [0.2, 0.25) is 0 Å². The van der Waals surface area contributed by atoms with Crippen LogP contribution in [-0.2, 0) is 11.2 Å². The number of halogens is 1. The fourth-order valence-electron chi connectivity index (χ4n) is 3.23. The molecule has 0 heterocycles. The molecule has 0 bridgehead atoms. The van der Waals surface area contributed by atoms with Crippen LogP contribution in [-0.4, -0.2) is 32.4 Å². The van der Waals surface area contributed by atoms with E-state index in [2.05, 4.69) is 0 Å². The summed E-state index contributed by atoms with van der Waals surface area (Å²) in [6.45, 7) is 0. The van der Waals surface area contributed by atoms with Crippen molar-refractivity contribution >= 4 is 27.5 Å². The van der Waals surface area contributed by atoms with E-state index >= 15 is 4.39 Å². The summed E-state index contributed by atoms with van der Waals surface area (Å²) in [6, 6.07) is 8.41. The standard InChI is InChI=1S/C20H19FO5/c1-24-12-6-7-13-14(10-12)20(26-3)18-15(25-2)8-4-11(5-9-16(22)23)17(18)19(13)21/h4,6-8,10H,5,9H2,1-3H3,(H,22,23). The number of methoxy groups -OCH3 is 3. The maximum atomic E-state index is 15.4. The van der Waals surface area contributed by atoms with E-state index in [0.29, 0.717) is 44.4 Å². The van der Waals surface area contributed by atoms with E-state index in [4.69, 9.17) is 19.3 Å². The first-order chi connectivity index (χ1) is 12.5. The lowest BCUT2D eigenvalue weighted by Crippen LogP contribution is -2.01. The summed E-state index contributed by atoms with van der Waals surface area (Å²) in [5.41, 5.74) is 0.594. The molecule has 136 valence electrons. The molecule has 3 rings (SSSR count). The zero-order valence-corrected chi connectivity index (χ0v) is 14.8. The summed E-state index contributed by atoms with van der Waals surface area (Å²) < 4.78 is 31.7. The molecule has 1 N–H and O–H groups in total. The van der Waals surface area contributed by atoms with Crippen LogP contribution in [0.3, 0.4) is 0 Å². The number of hydrogen-bond donors (Lipinski definition) is 1. The van der Waals surface area contributed by atoms with Gasteiger partial charge in [0, 0.05) is 22.6 Å². The number of aryl methyl sites for hydroxylation is 1. The Balaban J connectivity index is 2.45. The average molecular weight is 358 g/mol. The lowest BCUT2D eigenvalue weighted by Gasteiger charge is -2.17. The van der Waals surface area contributed by atoms with E-state index in [1.54, 1.807) is 30.3 Å². The molecule has 0 spiro atoms. The van der Waals surface area contributed by atoms with Crippen molar-refractivity contribution in [1.82, 2.24) is 0 Å². The Labute approximate surface area is 149 Å². The molecule has 0 saturated heterocycles. The predicted octanol–water partition coefficient (Wildman–Crippen LogP) is 4.18. The summed E-state index contributed by atoms with van der Waals surface area (Å²) in [7, 11) is 4.55. The van der Waals surface area contributed by atoms with E-state index < -0.39 is 11.8 Å². The minimum absolute atomic E-state index is 0.0934. The van der Waals surface area contributed by atoms with Crippen LogP contribution in [0.2, 0.25) is 0 Å². The normalized spacial score (nSPS) is 10.9. The number of benzene rings is 3. The van der Waals surface area contributed by atoms with Crippen molar-refractivity contribution in [1.29, 1.82) is 0 Å². The van der Waals surface area contributed by atoms with E-state index in [1.165, 1.54) is 21.3 Å². The first-order valence-electron chi connectivity index (χ1n) is 8.06. The second-order valence-electron chi connectivity index (χ2n) is 5.83. The van der Waals surface area contributed by atoms with Gasteiger partial charge in [0.05, 0.1) is 26.7 Å². The highest BCUT2D eigenvalue weighted by Gasteiger charge is 2.21. The SMILES string of the molecule is COc1ccc2c(F)c3c(CCC(=O)O)ccc(OC)c3c(OC)c2c1.